The number of aliphatic carboxylic acids is 1. The van der Waals surface area contributed by atoms with Crippen LogP contribution < -0.4 is 0 Å². The van der Waals surface area contributed by atoms with Crippen molar-refractivity contribution in [1.82, 2.24) is 9.55 Å². The second kappa shape index (κ2) is 7.51. The van der Waals surface area contributed by atoms with Crippen LogP contribution in [-0.2, 0) is 4.79 Å². The second-order valence-electron chi connectivity index (χ2n) is 5.99. The molecule has 1 aromatic heterocycles. The molecule has 0 saturated carbocycles. The van der Waals surface area contributed by atoms with E-state index in [2.05, 4.69) is 9.98 Å². The Kier molecular flexibility index (Phi) is 5.14. The number of hydrogen-bond donors (Lipinski definition) is 2. The van der Waals surface area contributed by atoms with Gasteiger partial charge in [-0.1, -0.05) is 30.3 Å². The van der Waals surface area contributed by atoms with Crippen LogP contribution in [0.3, 0.4) is 0 Å². The molecule has 1 aliphatic rings. The van der Waals surface area contributed by atoms with Gasteiger partial charge in [0, 0.05) is 29.9 Å². The number of fused-ring (bicyclic) bond motifs is 3. The fourth-order valence-electron chi connectivity index (χ4n) is 2.92. The fourth-order valence-corrected chi connectivity index (χ4v) is 2.92. The minimum absolute atomic E-state index is 0.344. The molecular weight excluding hydrogens is 349 g/mol. The van der Waals surface area contributed by atoms with Crippen LogP contribution in [-0.4, -0.2) is 31.4 Å². The molecule has 1 aliphatic heterocycles. The average Bonchev–Trinajstić information content (AvgIpc) is 2.96. The Morgan fingerprint density at radius 2 is 1.85 bits per heavy atom. The zero-order valence-electron chi connectivity index (χ0n) is 14.8. The molecule has 1 atom stereocenters. The number of halogens is 1. The van der Waals surface area contributed by atoms with Crippen LogP contribution in [0.2, 0.25) is 0 Å². The minimum Gasteiger partial charge on any atom is -0.481 e. The van der Waals surface area contributed by atoms with Crippen LogP contribution >= 0.6 is 0 Å². The summed E-state index contributed by atoms with van der Waals surface area (Å²) < 4.78 is 15.7. The fraction of sp³-hybridized carbons (Fsp3) is 0.150. The second-order valence-corrected chi connectivity index (χ2v) is 5.99. The van der Waals surface area contributed by atoms with Gasteiger partial charge in [0.2, 0.25) is 6.23 Å². The van der Waals surface area contributed by atoms with E-state index in [-0.39, 0.29) is 5.82 Å². The molecule has 0 aliphatic carbocycles. The topological polar surface area (TPSA) is 87.7 Å². The number of nitrogens with zero attached hydrogens (tertiary/aromatic N) is 3. The zero-order valence-corrected chi connectivity index (χ0v) is 14.8. The summed E-state index contributed by atoms with van der Waals surface area (Å²) in [5, 5.41) is 17.9. The highest BCUT2D eigenvalue weighted by Crippen LogP contribution is 2.30. The van der Waals surface area contributed by atoms with Crippen molar-refractivity contribution < 1.29 is 19.4 Å². The number of rotatable bonds is 1. The molecule has 0 amide bonds. The smallest absolute Gasteiger partial charge is 0.300 e. The van der Waals surface area contributed by atoms with E-state index in [0.29, 0.717) is 17.1 Å². The van der Waals surface area contributed by atoms with Crippen LogP contribution in [0.5, 0.6) is 0 Å². The zero-order chi connectivity index (χ0) is 19.6. The van der Waals surface area contributed by atoms with Gasteiger partial charge in [-0.05, 0) is 25.1 Å². The van der Waals surface area contributed by atoms with Gasteiger partial charge in [-0.15, -0.1) is 0 Å². The Morgan fingerprint density at radius 3 is 2.52 bits per heavy atom. The number of carboxylic acid groups (broad SMARTS) is 1. The van der Waals surface area contributed by atoms with E-state index in [9.17, 15) is 9.50 Å². The van der Waals surface area contributed by atoms with Gasteiger partial charge in [0.15, 0.2) is 5.82 Å². The molecule has 0 radical (unpaired) electrons. The van der Waals surface area contributed by atoms with Crippen LogP contribution in [0, 0.1) is 12.7 Å². The number of aliphatic hydroxyl groups excluding tert-OH is 1. The van der Waals surface area contributed by atoms with Gasteiger partial charge >= 0.3 is 0 Å². The van der Waals surface area contributed by atoms with E-state index >= 15 is 0 Å². The molecule has 7 heteroatoms. The Bertz CT molecular complexity index is 1010. The van der Waals surface area contributed by atoms with E-state index in [1.807, 2.05) is 41.8 Å². The third-order valence-corrected chi connectivity index (χ3v) is 3.95. The molecule has 0 bridgehead atoms. The van der Waals surface area contributed by atoms with E-state index in [4.69, 9.17) is 9.90 Å². The van der Waals surface area contributed by atoms with Crippen molar-refractivity contribution in [1.29, 1.82) is 0 Å². The van der Waals surface area contributed by atoms with Crippen molar-refractivity contribution in [3.05, 3.63) is 83.2 Å². The number of aliphatic hydroxyl groups is 1. The maximum Gasteiger partial charge on any atom is 0.300 e. The first kappa shape index (κ1) is 18.5. The molecule has 2 heterocycles. The summed E-state index contributed by atoms with van der Waals surface area (Å²) in [5.74, 6) is -0.746. The quantitative estimate of drug-likeness (QED) is 0.691. The molecule has 3 aromatic rings. The summed E-state index contributed by atoms with van der Waals surface area (Å²) in [7, 11) is 0. The number of aliphatic imine (C=N–C) groups is 1. The summed E-state index contributed by atoms with van der Waals surface area (Å²) in [6, 6.07) is 14.0. The maximum atomic E-state index is 13.9. The number of carbonyl (C=O) groups is 1. The third-order valence-electron chi connectivity index (χ3n) is 3.95. The van der Waals surface area contributed by atoms with Crippen LogP contribution in [0.25, 0.3) is 5.69 Å². The van der Waals surface area contributed by atoms with Gasteiger partial charge in [0.1, 0.15) is 5.82 Å². The monoisotopic (exact) mass is 367 g/mol. The first-order valence-corrected chi connectivity index (χ1v) is 8.24. The van der Waals surface area contributed by atoms with Crippen LogP contribution in [0.4, 0.5) is 4.39 Å². The van der Waals surface area contributed by atoms with Crippen molar-refractivity contribution in [3.63, 3.8) is 0 Å². The first-order valence-electron chi connectivity index (χ1n) is 8.24. The number of benzene rings is 2. The Hall–Kier alpha value is -3.32. The first-order chi connectivity index (χ1) is 12.9. The standard InChI is InChI=1S/C18H14FN3O.C2H4O2/c1-11-10-20-17-18(23)21-16(12-5-3-2-4-6-12)14-9-13(19)7-8-15(14)22(11)17;1-2(3)4/h2-10,18,23H,1H3;1H3,(H,3,4). The summed E-state index contributed by atoms with van der Waals surface area (Å²) in [6.45, 7) is 2.98. The molecule has 6 nitrogen and oxygen atoms in total. The predicted octanol–water partition coefficient (Wildman–Crippen LogP) is 3.25. The van der Waals surface area contributed by atoms with Gasteiger partial charge in [0.25, 0.3) is 5.97 Å². The summed E-state index contributed by atoms with van der Waals surface area (Å²) in [5.41, 5.74) is 3.63. The highest BCUT2D eigenvalue weighted by molar-refractivity contribution is 6.15. The largest absolute Gasteiger partial charge is 0.481 e. The number of imidazole rings is 1. The summed E-state index contributed by atoms with van der Waals surface area (Å²) in [6.07, 6.45) is 0.573. The molecule has 2 aromatic carbocycles. The van der Waals surface area contributed by atoms with Gasteiger partial charge in [0.05, 0.1) is 11.4 Å². The molecule has 4 rings (SSSR count). The van der Waals surface area contributed by atoms with Crippen LogP contribution in [0.1, 0.15) is 35.8 Å². The Morgan fingerprint density at radius 1 is 1.19 bits per heavy atom. The maximum absolute atomic E-state index is 13.9. The lowest BCUT2D eigenvalue weighted by atomic mass is 10.0. The van der Waals surface area contributed by atoms with Crippen molar-refractivity contribution in [2.24, 2.45) is 4.99 Å². The van der Waals surface area contributed by atoms with Crippen molar-refractivity contribution in [2.75, 3.05) is 0 Å². The van der Waals surface area contributed by atoms with Gasteiger partial charge in [-0.3, -0.25) is 9.36 Å². The highest BCUT2D eigenvalue weighted by Gasteiger charge is 2.25. The SMILES string of the molecule is CC(=O)O.Cc1cnc2n1-c1ccc(F)cc1C(c1ccccc1)=NC2O. The number of aromatic nitrogens is 2. The van der Waals surface area contributed by atoms with Crippen LogP contribution in [0.15, 0.2) is 59.7 Å². The lowest BCUT2D eigenvalue weighted by Gasteiger charge is -2.13. The average molecular weight is 367 g/mol. The van der Waals surface area contributed by atoms with E-state index < -0.39 is 12.2 Å². The molecule has 2 N–H and O–H groups in total. The van der Waals surface area contributed by atoms with E-state index in [0.717, 1.165) is 23.9 Å². The normalized spacial score (nSPS) is 14.8. The van der Waals surface area contributed by atoms with Gasteiger partial charge in [-0.25, -0.2) is 14.4 Å². The summed E-state index contributed by atoms with van der Waals surface area (Å²) >= 11 is 0. The number of aryl methyl sites for hydroxylation is 1. The Balaban J connectivity index is 0.000000481. The summed E-state index contributed by atoms with van der Waals surface area (Å²) in [4.78, 5) is 17.7. The predicted molar refractivity (Wildman–Crippen MR) is 98.6 cm³/mol. The van der Waals surface area contributed by atoms with Crippen molar-refractivity contribution in [3.8, 4) is 5.69 Å². The lowest BCUT2D eigenvalue weighted by molar-refractivity contribution is -0.134. The van der Waals surface area contributed by atoms with Crippen molar-refractivity contribution in [2.45, 2.75) is 20.1 Å². The molecule has 0 saturated heterocycles. The third kappa shape index (κ3) is 3.78. The van der Waals surface area contributed by atoms with Gasteiger partial charge < -0.3 is 10.2 Å². The number of carboxylic acids is 1. The van der Waals surface area contributed by atoms with Crippen molar-refractivity contribution >= 4 is 11.7 Å². The van der Waals surface area contributed by atoms with Gasteiger partial charge in [-0.2, -0.15) is 0 Å². The minimum atomic E-state index is -1.10. The molecule has 138 valence electrons. The molecule has 0 fully saturated rings. The number of hydrogen-bond acceptors (Lipinski definition) is 4. The lowest BCUT2D eigenvalue weighted by Crippen LogP contribution is -2.08. The van der Waals surface area contributed by atoms with E-state index in [1.165, 1.54) is 12.1 Å². The molecular formula is C20H18FN3O3. The molecule has 0 spiro atoms. The highest BCUT2D eigenvalue weighted by atomic mass is 19.1. The van der Waals surface area contributed by atoms with E-state index in [1.54, 1.807) is 12.3 Å². The molecule has 27 heavy (non-hydrogen) atoms. The molecule has 1 unspecified atom stereocenters. The Labute approximate surface area is 155 Å².